The highest BCUT2D eigenvalue weighted by Crippen LogP contribution is 2.11. The Morgan fingerprint density at radius 2 is 2.00 bits per heavy atom. The van der Waals surface area contributed by atoms with E-state index in [4.69, 9.17) is 4.42 Å². The second kappa shape index (κ2) is 7.88. The fraction of sp³-hybridized carbons (Fsp3) is 0.412. The lowest BCUT2D eigenvalue weighted by molar-refractivity contribution is 0.317. The molecule has 0 aliphatic carbocycles. The van der Waals surface area contributed by atoms with E-state index in [0.717, 1.165) is 26.1 Å². The lowest BCUT2D eigenvalue weighted by Crippen LogP contribution is -2.25. The largest absolute Gasteiger partial charge is 0.472 e. The summed E-state index contributed by atoms with van der Waals surface area (Å²) >= 11 is 0. The first kappa shape index (κ1) is 14.8. The van der Waals surface area contributed by atoms with Crippen molar-refractivity contribution in [2.45, 2.75) is 25.9 Å². The lowest BCUT2D eigenvalue weighted by Gasteiger charge is -2.18. The molecular formula is C17H24N2O. The van der Waals surface area contributed by atoms with Gasteiger partial charge in [0, 0.05) is 18.2 Å². The third kappa shape index (κ3) is 4.83. The molecule has 1 N–H and O–H groups in total. The van der Waals surface area contributed by atoms with Crippen molar-refractivity contribution in [3.8, 4) is 0 Å². The molecule has 0 amide bonds. The Morgan fingerprint density at radius 3 is 2.70 bits per heavy atom. The minimum absolute atomic E-state index is 0.355. The van der Waals surface area contributed by atoms with Crippen LogP contribution in [0.5, 0.6) is 0 Å². The van der Waals surface area contributed by atoms with E-state index in [0.29, 0.717) is 6.04 Å². The molecule has 0 fully saturated rings. The Hall–Kier alpha value is -1.58. The molecule has 20 heavy (non-hydrogen) atoms. The maximum atomic E-state index is 5.10. The van der Waals surface area contributed by atoms with Gasteiger partial charge in [0.1, 0.15) is 0 Å². The molecule has 0 saturated carbocycles. The molecule has 0 aliphatic heterocycles. The summed E-state index contributed by atoms with van der Waals surface area (Å²) in [5.74, 6) is 0. The molecule has 1 unspecified atom stereocenters. The molecule has 0 saturated heterocycles. The molecule has 3 nitrogen and oxygen atoms in total. The van der Waals surface area contributed by atoms with E-state index in [1.165, 1.54) is 11.1 Å². The molecule has 2 rings (SSSR count). The van der Waals surface area contributed by atoms with Gasteiger partial charge in [-0.05, 0) is 45.1 Å². The molecule has 2 aromatic rings. The number of hydrogen-bond acceptors (Lipinski definition) is 3. The SMILES string of the molecule is CC(NCCCN(C)Cc1ccccc1)c1ccoc1. The van der Waals surface area contributed by atoms with Crippen LogP contribution in [0.2, 0.25) is 0 Å². The van der Waals surface area contributed by atoms with Crippen molar-refractivity contribution >= 4 is 0 Å². The Bertz CT molecular complexity index is 467. The van der Waals surface area contributed by atoms with Crippen molar-refractivity contribution < 1.29 is 4.42 Å². The first-order chi connectivity index (χ1) is 9.75. The molecule has 0 radical (unpaired) electrons. The van der Waals surface area contributed by atoms with E-state index in [2.05, 4.69) is 54.5 Å². The highest BCUT2D eigenvalue weighted by atomic mass is 16.3. The number of nitrogens with zero attached hydrogens (tertiary/aromatic N) is 1. The highest BCUT2D eigenvalue weighted by Gasteiger charge is 2.05. The summed E-state index contributed by atoms with van der Waals surface area (Å²) in [6.07, 6.45) is 4.67. The van der Waals surface area contributed by atoms with Crippen molar-refractivity contribution in [2.75, 3.05) is 20.1 Å². The van der Waals surface area contributed by atoms with Crippen LogP contribution in [0, 0.1) is 0 Å². The smallest absolute Gasteiger partial charge is 0.0950 e. The van der Waals surface area contributed by atoms with E-state index in [1.54, 1.807) is 12.5 Å². The Kier molecular flexibility index (Phi) is 5.84. The predicted molar refractivity (Wildman–Crippen MR) is 82.5 cm³/mol. The summed E-state index contributed by atoms with van der Waals surface area (Å²) in [6.45, 7) is 5.29. The molecule has 0 spiro atoms. The van der Waals surface area contributed by atoms with E-state index < -0.39 is 0 Å². The zero-order chi connectivity index (χ0) is 14.2. The van der Waals surface area contributed by atoms with Crippen LogP contribution in [0.4, 0.5) is 0 Å². The van der Waals surface area contributed by atoms with Gasteiger partial charge in [0.05, 0.1) is 12.5 Å². The average molecular weight is 272 g/mol. The van der Waals surface area contributed by atoms with Crippen LogP contribution >= 0.6 is 0 Å². The predicted octanol–water partition coefficient (Wildman–Crippen LogP) is 3.45. The summed E-state index contributed by atoms with van der Waals surface area (Å²) in [5, 5.41) is 3.52. The second-order valence-electron chi connectivity index (χ2n) is 5.31. The molecule has 3 heteroatoms. The normalized spacial score (nSPS) is 12.8. The van der Waals surface area contributed by atoms with E-state index >= 15 is 0 Å². The fourth-order valence-corrected chi connectivity index (χ4v) is 2.28. The van der Waals surface area contributed by atoms with Gasteiger partial charge in [0.2, 0.25) is 0 Å². The third-order valence-corrected chi connectivity index (χ3v) is 3.51. The maximum absolute atomic E-state index is 5.10. The van der Waals surface area contributed by atoms with Gasteiger partial charge in [0.25, 0.3) is 0 Å². The molecule has 1 aromatic carbocycles. The van der Waals surface area contributed by atoms with Crippen LogP contribution in [0.25, 0.3) is 0 Å². The Morgan fingerprint density at radius 1 is 1.20 bits per heavy atom. The quantitative estimate of drug-likeness (QED) is 0.746. The van der Waals surface area contributed by atoms with E-state index in [-0.39, 0.29) is 0 Å². The maximum Gasteiger partial charge on any atom is 0.0950 e. The molecule has 1 aromatic heterocycles. The summed E-state index contributed by atoms with van der Waals surface area (Å²) in [6, 6.07) is 13.0. The molecule has 1 atom stereocenters. The molecule has 108 valence electrons. The number of nitrogens with one attached hydrogen (secondary N) is 1. The number of rotatable bonds is 8. The van der Waals surface area contributed by atoms with Gasteiger partial charge in [0.15, 0.2) is 0 Å². The van der Waals surface area contributed by atoms with Crippen LogP contribution < -0.4 is 5.32 Å². The van der Waals surface area contributed by atoms with E-state index in [9.17, 15) is 0 Å². The minimum atomic E-state index is 0.355. The standard InChI is InChI=1S/C17H24N2O/c1-15(17-9-12-20-14-17)18-10-6-11-19(2)13-16-7-4-3-5-8-16/h3-5,7-9,12,14-15,18H,6,10-11,13H2,1-2H3. The van der Waals surface area contributed by atoms with Crippen LogP contribution in [0.1, 0.15) is 30.5 Å². The fourth-order valence-electron chi connectivity index (χ4n) is 2.28. The molecular weight excluding hydrogens is 248 g/mol. The van der Waals surface area contributed by atoms with Gasteiger partial charge in [-0.2, -0.15) is 0 Å². The number of furan rings is 1. The van der Waals surface area contributed by atoms with Crippen molar-refractivity contribution in [3.05, 3.63) is 60.1 Å². The molecule has 0 aliphatic rings. The summed E-state index contributed by atoms with van der Waals surface area (Å²) in [4.78, 5) is 2.36. The van der Waals surface area contributed by atoms with Gasteiger partial charge in [-0.1, -0.05) is 30.3 Å². The first-order valence-electron chi connectivity index (χ1n) is 7.23. The zero-order valence-electron chi connectivity index (χ0n) is 12.4. The van der Waals surface area contributed by atoms with Crippen LogP contribution in [0.15, 0.2) is 53.3 Å². The summed E-state index contributed by atoms with van der Waals surface area (Å²) < 4.78 is 5.10. The monoisotopic (exact) mass is 272 g/mol. The van der Waals surface area contributed by atoms with Crippen LogP contribution in [-0.2, 0) is 6.54 Å². The summed E-state index contributed by atoms with van der Waals surface area (Å²) in [5.41, 5.74) is 2.58. The Labute approximate surface area is 121 Å². The molecule has 1 heterocycles. The van der Waals surface area contributed by atoms with Gasteiger partial charge < -0.3 is 14.6 Å². The van der Waals surface area contributed by atoms with Crippen molar-refractivity contribution in [1.29, 1.82) is 0 Å². The van der Waals surface area contributed by atoms with Gasteiger partial charge in [-0.3, -0.25) is 0 Å². The van der Waals surface area contributed by atoms with Crippen LogP contribution in [-0.4, -0.2) is 25.0 Å². The lowest BCUT2D eigenvalue weighted by atomic mass is 10.2. The first-order valence-corrected chi connectivity index (χ1v) is 7.23. The number of benzene rings is 1. The minimum Gasteiger partial charge on any atom is -0.472 e. The Balaban J connectivity index is 1.61. The zero-order valence-corrected chi connectivity index (χ0v) is 12.4. The van der Waals surface area contributed by atoms with Gasteiger partial charge in [-0.25, -0.2) is 0 Å². The highest BCUT2D eigenvalue weighted by molar-refractivity contribution is 5.14. The molecule has 0 bridgehead atoms. The number of hydrogen-bond donors (Lipinski definition) is 1. The third-order valence-electron chi connectivity index (χ3n) is 3.51. The van der Waals surface area contributed by atoms with E-state index in [1.807, 2.05) is 6.07 Å². The van der Waals surface area contributed by atoms with Crippen LogP contribution in [0.3, 0.4) is 0 Å². The van der Waals surface area contributed by atoms with Crippen molar-refractivity contribution in [3.63, 3.8) is 0 Å². The van der Waals surface area contributed by atoms with Crippen molar-refractivity contribution in [1.82, 2.24) is 10.2 Å². The average Bonchev–Trinajstić information content (AvgIpc) is 2.99. The topological polar surface area (TPSA) is 28.4 Å². The van der Waals surface area contributed by atoms with Gasteiger partial charge >= 0.3 is 0 Å². The van der Waals surface area contributed by atoms with Crippen molar-refractivity contribution in [2.24, 2.45) is 0 Å². The summed E-state index contributed by atoms with van der Waals surface area (Å²) in [7, 11) is 2.17. The van der Waals surface area contributed by atoms with Gasteiger partial charge in [-0.15, -0.1) is 0 Å². The second-order valence-corrected chi connectivity index (χ2v) is 5.31.